The van der Waals surface area contributed by atoms with Crippen molar-refractivity contribution in [2.45, 2.75) is 19.6 Å². The standard InChI is InChI=1S/C17H18BrN5OS/c1-22(10-15-6-7-16(18)25-15)17(24)20-8-13-2-4-14(5-3-13)9-23-12-19-11-21-23/h2-7,11-12H,8-10H2,1H3,(H,20,24). The van der Waals surface area contributed by atoms with Crippen molar-refractivity contribution < 1.29 is 4.79 Å². The van der Waals surface area contributed by atoms with Crippen LogP contribution in [-0.2, 0) is 19.6 Å². The highest BCUT2D eigenvalue weighted by Crippen LogP contribution is 2.22. The fraction of sp³-hybridized carbons (Fsp3) is 0.235. The van der Waals surface area contributed by atoms with Gasteiger partial charge in [-0.2, -0.15) is 5.10 Å². The van der Waals surface area contributed by atoms with Crippen molar-refractivity contribution in [1.82, 2.24) is 25.0 Å². The van der Waals surface area contributed by atoms with Crippen molar-refractivity contribution in [3.63, 3.8) is 0 Å². The summed E-state index contributed by atoms with van der Waals surface area (Å²) in [6, 6.07) is 12.0. The highest BCUT2D eigenvalue weighted by molar-refractivity contribution is 9.11. The normalized spacial score (nSPS) is 10.6. The molecular formula is C17H18BrN5OS. The van der Waals surface area contributed by atoms with Gasteiger partial charge in [-0.3, -0.25) is 0 Å². The predicted octanol–water partition coefficient (Wildman–Crippen LogP) is 3.49. The summed E-state index contributed by atoms with van der Waals surface area (Å²) >= 11 is 5.07. The van der Waals surface area contributed by atoms with Gasteiger partial charge < -0.3 is 10.2 Å². The number of carbonyl (C=O) groups is 1. The Morgan fingerprint density at radius 1 is 1.24 bits per heavy atom. The van der Waals surface area contributed by atoms with Crippen molar-refractivity contribution in [2.24, 2.45) is 0 Å². The molecule has 3 rings (SSSR count). The average molecular weight is 420 g/mol. The van der Waals surface area contributed by atoms with Crippen molar-refractivity contribution in [3.05, 3.63) is 68.8 Å². The molecule has 0 bridgehead atoms. The van der Waals surface area contributed by atoms with E-state index in [0.717, 1.165) is 19.8 Å². The first kappa shape index (κ1) is 17.6. The molecule has 0 spiro atoms. The third-order valence-electron chi connectivity index (χ3n) is 3.65. The van der Waals surface area contributed by atoms with Crippen LogP contribution in [-0.4, -0.2) is 32.7 Å². The minimum Gasteiger partial charge on any atom is -0.334 e. The molecule has 130 valence electrons. The molecular weight excluding hydrogens is 402 g/mol. The van der Waals surface area contributed by atoms with Gasteiger partial charge in [0, 0.05) is 18.5 Å². The van der Waals surface area contributed by atoms with Crippen molar-refractivity contribution in [1.29, 1.82) is 0 Å². The number of rotatable bonds is 6. The molecule has 2 amide bonds. The Morgan fingerprint density at radius 2 is 2.00 bits per heavy atom. The van der Waals surface area contributed by atoms with Crippen LogP contribution >= 0.6 is 27.3 Å². The number of nitrogens with one attached hydrogen (secondary N) is 1. The van der Waals surface area contributed by atoms with Gasteiger partial charge in [0.2, 0.25) is 0 Å². The van der Waals surface area contributed by atoms with E-state index in [2.05, 4.69) is 31.3 Å². The Morgan fingerprint density at radius 3 is 2.64 bits per heavy atom. The van der Waals surface area contributed by atoms with Crippen LogP contribution in [0.1, 0.15) is 16.0 Å². The van der Waals surface area contributed by atoms with Crippen LogP contribution in [0.25, 0.3) is 0 Å². The Bertz CT molecular complexity index is 816. The maximum Gasteiger partial charge on any atom is 0.317 e. The van der Waals surface area contributed by atoms with Crippen LogP contribution in [0.15, 0.2) is 52.8 Å². The van der Waals surface area contributed by atoms with E-state index in [-0.39, 0.29) is 6.03 Å². The molecule has 0 saturated heterocycles. The van der Waals surface area contributed by atoms with Crippen LogP contribution in [0.3, 0.4) is 0 Å². The summed E-state index contributed by atoms with van der Waals surface area (Å²) in [6.07, 6.45) is 3.21. The molecule has 0 unspecified atom stereocenters. The number of benzene rings is 1. The lowest BCUT2D eigenvalue weighted by atomic mass is 10.1. The number of carbonyl (C=O) groups excluding carboxylic acids is 1. The molecule has 0 aliphatic rings. The fourth-order valence-electron chi connectivity index (χ4n) is 2.32. The molecule has 6 nitrogen and oxygen atoms in total. The monoisotopic (exact) mass is 419 g/mol. The summed E-state index contributed by atoms with van der Waals surface area (Å²) in [5.41, 5.74) is 2.20. The fourth-order valence-corrected chi connectivity index (χ4v) is 3.86. The molecule has 3 aromatic rings. The van der Waals surface area contributed by atoms with Crippen LogP contribution in [0.5, 0.6) is 0 Å². The zero-order valence-electron chi connectivity index (χ0n) is 13.7. The molecule has 25 heavy (non-hydrogen) atoms. The maximum absolute atomic E-state index is 12.2. The first-order valence-electron chi connectivity index (χ1n) is 7.73. The molecule has 0 saturated carbocycles. The molecule has 2 aromatic heterocycles. The summed E-state index contributed by atoms with van der Waals surface area (Å²) in [6.45, 7) is 1.78. The van der Waals surface area contributed by atoms with Gasteiger partial charge in [-0.15, -0.1) is 11.3 Å². The van der Waals surface area contributed by atoms with E-state index >= 15 is 0 Å². The predicted molar refractivity (Wildman–Crippen MR) is 101 cm³/mol. The Kier molecular flexibility index (Phi) is 5.83. The van der Waals surface area contributed by atoms with E-state index in [9.17, 15) is 4.79 Å². The zero-order chi connectivity index (χ0) is 17.6. The Hall–Kier alpha value is -2.19. The molecule has 1 aromatic carbocycles. The number of amides is 2. The van der Waals surface area contributed by atoms with Gasteiger partial charge in [-0.05, 0) is 39.2 Å². The van der Waals surface area contributed by atoms with Gasteiger partial charge in [-0.25, -0.2) is 14.5 Å². The topological polar surface area (TPSA) is 63.1 Å². The lowest BCUT2D eigenvalue weighted by molar-refractivity contribution is 0.207. The molecule has 0 aliphatic heterocycles. The maximum atomic E-state index is 12.2. The third-order valence-corrected chi connectivity index (χ3v) is 5.25. The molecule has 0 aliphatic carbocycles. The second kappa shape index (κ2) is 8.26. The first-order valence-corrected chi connectivity index (χ1v) is 9.34. The summed E-state index contributed by atoms with van der Waals surface area (Å²) in [5, 5.41) is 7.03. The van der Waals surface area contributed by atoms with Gasteiger partial charge in [0.1, 0.15) is 12.7 Å². The molecule has 0 fully saturated rings. The SMILES string of the molecule is CN(Cc1ccc(Br)s1)C(=O)NCc1ccc(Cn2cncn2)cc1. The molecule has 0 atom stereocenters. The van der Waals surface area contributed by atoms with E-state index in [4.69, 9.17) is 0 Å². The van der Waals surface area contributed by atoms with Gasteiger partial charge in [0.25, 0.3) is 0 Å². The van der Waals surface area contributed by atoms with Crippen LogP contribution in [0.2, 0.25) is 0 Å². The highest BCUT2D eigenvalue weighted by atomic mass is 79.9. The van der Waals surface area contributed by atoms with E-state index in [1.165, 1.54) is 6.33 Å². The van der Waals surface area contributed by atoms with E-state index in [1.54, 1.807) is 34.3 Å². The van der Waals surface area contributed by atoms with Crippen molar-refractivity contribution >= 4 is 33.3 Å². The van der Waals surface area contributed by atoms with Gasteiger partial charge in [0.15, 0.2) is 0 Å². The second-order valence-electron chi connectivity index (χ2n) is 5.63. The average Bonchev–Trinajstić information content (AvgIpc) is 3.25. The van der Waals surface area contributed by atoms with Gasteiger partial charge in [-0.1, -0.05) is 24.3 Å². The summed E-state index contributed by atoms with van der Waals surface area (Å²) in [7, 11) is 1.80. The number of aromatic nitrogens is 3. The van der Waals surface area contributed by atoms with Crippen LogP contribution in [0.4, 0.5) is 4.79 Å². The molecule has 1 N–H and O–H groups in total. The smallest absolute Gasteiger partial charge is 0.317 e. The number of urea groups is 1. The minimum absolute atomic E-state index is 0.0868. The van der Waals surface area contributed by atoms with Crippen molar-refractivity contribution in [2.75, 3.05) is 7.05 Å². The van der Waals surface area contributed by atoms with Gasteiger partial charge in [0.05, 0.1) is 16.9 Å². The number of thiophene rings is 1. The molecule has 8 heteroatoms. The number of nitrogens with zero attached hydrogens (tertiary/aromatic N) is 4. The van der Waals surface area contributed by atoms with Crippen LogP contribution in [0, 0.1) is 0 Å². The number of hydrogen-bond donors (Lipinski definition) is 1. The Labute approximate surface area is 158 Å². The lowest BCUT2D eigenvalue weighted by Gasteiger charge is -2.17. The van der Waals surface area contributed by atoms with Crippen LogP contribution < -0.4 is 5.32 Å². The zero-order valence-corrected chi connectivity index (χ0v) is 16.1. The summed E-state index contributed by atoms with van der Waals surface area (Å²) < 4.78 is 2.84. The largest absolute Gasteiger partial charge is 0.334 e. The molecule has 2 heterocycles. The summed E-state index contributed by atoms with van der Waals surface area (Å²) in [5.74, 6) is 0. The number of halogens is 1. The van der Waals surface area contributed by atoms with Crippen molar-refractivity contribution in [3.8, 4) is 0 Å². The minimum atomic E-state index is -0.0868. The van der Waals surface area contributed by atoms with E-state index in [1.807, 2.05) is 36.4 Å². The first-order chi connectivity index (χ1) is 12.1. The summed E-state index contributed by atoms with van der Waals surface area (Å²) in [4.78, 5) is 18.9. The van der Waals surface area contributed by atoms with E-state index in [0.29, 0.717) is 19.6 Å². The third kappa shape index (κ3) is 5.14. The highest BCUT2D eigenvalue weighted by Gasteiger charge is 2.10. The Balaban J connectivity index is 1.48. The second-order valence-corrected chi connectivity index (χ2v) is 8.18. The van der Waals surface area contributed by atoms with Gasteiger partial charge >= 0.3 is 6.03 Å². The number of hydrogen-bond acceptors (Lipinski definition) is 4. The van der Waals surface area contributed by atoms with E-state index < -0.39 is 0 Å². The lowest BCUT2D eigenvalue weighted by Crippen LogP contribution is -2.36. The quantitative estimate of drug-likeness (QED) is 0.664. The molecule has 0 radical (unpaired) electrons.